The number of hydrogen-bond acceptors (Lipinski definition) is 2. The van der Waals surface area contributed by atoms with Crippen molar-refractivity contribution in [1.82, 2.24) is 0 Å². The molecule has 0 saturated carbocycles. The van der Waals surface area contributed by atoms with Crippen LogP contribution >= 0.6 is 11.3 Å². The van der Waals surface area contributed by atoms with Crippen LogP contribution < -0.4 is 4.90 Å². The van der Waals surface area contributed by atoms with Gasteiger partial charge in [0.15, 0.2) is 0 Å². The molecule has 0 spiro atoms. The van der Waals surface area contributed by atoms with Crippen LogP contribution in [0.1, 0.15) is 0 Å². The van der Waals surface area contributed by atoms with Crippen LogP contribution in [0.2, 0.25) is 0 Å². The van der Waals surface area contributed by atoms with Crippen molar-refractivity contribution in [2.45, 2.75) is 0 Å². The van der Waals surface area contributed by atoms with Crippen LogP contribution in [0, 0.1) is 0 Å². The van der Waals surface area contributed by atoms with Gasteiger partial charge in [-0.15, -0.1) is 11.3 Å². The molecule has 0 unspecified atom stereocenters. The second-order valence-corrected chi connectivity index (χ2v) is 14.8. The van der Waals surface area contributed by atoms with E-state index in [-0.39, 0.29) is 0 Å². The lowest BCUT2D eigenvalue weighted by Crippen LogP contribution is -2.10. The summed E-state index contributed by atoms with van der Waals surface area (Å²) in [7, 11) is 0. The minimum Gasteiger partial charge on any atom is -0.310 e. The third-order valence-electron chi connectivity index (χ3n) is 10.5. The average Bonchev–Trinajstić information content (AvgIpc) is 3.64. The number of anilines is 3. The summed E-state index contributed by atoms with van der Waals surface area (Å²) in [6.07, 6.45) is 0. The molecule has 0 bridgehead atoms. The van der Waals surface area contributed by atoms with Gasteiger partial charge in [0.1, 0.15) is 0 Å². The summed E-state index contributed by atoms with van der Waals surface area (Å²) in [6.45, 7) is 0. The van der Waals surface area contributed by atoms with Crippen molar-refractivity contribution in [3.05, 3.63) is 212 Å². The fraction of sp³-hybridized carbons (Fsp3) is 0. The summed E-state index contributed by atoms with van der Waals surface area (Å²) < 4.78 is 2.59. The second-order valence-electron chi connectivity index (χ2n) is 13.7. The minimum atomic E-state index is 1.12. The summed E-state index contributed by atoms with van der Waals surface area (Å²) in [6, 6.07) is 77.0. The fourth-order valence-electron chi connectivity index (χ4n) is 7.90. The number of thiophene rings is 1. The minimum absolute atomic E-state index is 1.12. The highest BCUT2D eigenvalue weighted by molar-refractivity contribution is 7.26. The Morgan fingerprint density at radius 3 is 1.54 bits per heavy atom. The lowest BCUT2D eigenvalue weighted by Gasteiger charge is -2.27. The molecule has 1 nitrogen and oxygen atoms in total. The maximum atomic E-state index is 2.42. The summed E-state index contributed by atoms with van der Waals surface area (Å²) >= 11 is 1.86. The molecule has 0 radical (unpaired) electrons. The molecular weight excluding hydrogens is 671 g/mol. The van der Waals surface area contributed by atoms with Gasteiger partial charge >= 0.3 is 0 Å². The maximum absolute atomic E-state index is 2.42. The summed E-state index contributed by atoms with van der Waals surface area (Å²) in [5, 5.41) is 5.07. The monoisotopic (exact) mass is 705 g/mol. The molecular formula is C52H35NS. The van der Waals surface area contributed by atoms with E-state index in [2.05, 4.69) is 217 Å². The second kappa shape index (κ2) is 13.7. The first-order chi connectivity index (χ1) is 26.8. The molecule has 1 aromatic heterocycles. The Morgan fingerprint density at radius 2 is 0.833 bits per heavy atom. The molecule has 0 aliphatic carbocycles. The molecule has 10 aromatic rings. The highest BCUT2D eigenvalue weighted by Gasteiger charge is 2.19. The quantitative estimate of drug-likeness (QED) is 0.160. The van der Waals surface area contributed by atoms with E-state index >= 15 is 0 Å². The van der Waals surface area contributed by atoms with Gasteiger partial charge in [0, 0.05) is 31.5 Å². The summed E-state index contributed by atoms with van der Waals surface area (Å²) in [5.41, 5.74) is 13.2. The SMILES string of the molecule is c1ccc(-c2ccccc2-c2ccc(N(c3ccc(-c4ccc5c(-c6ccccc6)cccc5c4)cc3)c3cccc4sc5ccccc5c34)cc2)cc1. The van der Waals surface area contributed by atoms with Crippen LogP contribution in [0.5, 0.6) is 0 Å². The molecule has 0 aliphatic heterocycles. The molecule has 54 heavy (non-hydrogen) atoms. The van der Waals surface area contributed by atoms with Crippen molar-refractivity contribution in [3.63, 3.8) is 0 Å². The van der Waals surface area contributed by atoms with Crippen LogP contribution in [0.3, 0.4) is 0 Å². The van der Waals surface area contributed by atoms with E-state index in [1.54, 1.807) is 0 Å². The zero-order valence-corrected chi connectivity index (χ0v) is 30.4. The first kappa shape index (κ1) is 32.0. The molecule has 254 valence electrons. The molecule has 1 heterocycles. The van der Waals surface area contributed by atoms with Gasteiger partial charge < -0.3 is 4.90 Å². The highest BCUT2D eigenvalue weighted by atomic mass is 32.1. The third kappa shape index (κ3) is 5.74. The van der Waals surface area contributed by atoms with Crippen molar-refractivity contribution in [2.75, 3.05) is 4.90 Å². The van der Waals surface area contributed by atoms with E-state index in [0.717, 1.165) is 11.4 Å². The maximum Gasteiger partial charge on any atom is 0.0554 e. The average molecular weight is 706 g/mol. The van der Waals surface area contributed by atoms with Crippen LogP contribution in [0.4, 0.5) is 17.1 Å². The van der Waals surface area contributed by atoms with Crippen molar-refractivity contribution >= 4 is 59.3 Å². The first-order valence-electron chi connectivity index (χ1n) is 18.4. The number of hydrogen-bond donors (Lipinski definition) is 0. The van der Waals surface area contributed by atoms with Crippen molar-refractivity contribution in [3.8, 4) is 44.5 Å². The van der Waals surface area contributed by atoms with E-state index in [4.69, 9.17) is 0 Å². The first-order valence-corrected chi connectivity index (χ1v) is 19.2. The Labute approximate surface area is 319 Å². The molecule has 0 N–H and O–H groups in total. The molecule has 0 saturated heterocycles. The summed E-state index contributed by atoms with van der Waals surface area (Å²) in [5.74, 6) is 0. The van der Waals surface area contributed by atoms with E-state index in [9.17, 15) is 0 Å². The highest BCUT2D eigenvalue weighted by Crippen LogP contribution is 2.45. The van der Waals surface area contributed by atoms with Crippen LogP contribution in [0.25, 0.3) is 75.5 Å². The van der Waals surface area contributed by atoms with Gasteiger partial charge in [0.25, 0.3) is 0 Å². The molecule has 0 aliphatic rings. The lowest BCUT2D eigenvalue weighted by atomic mass is 9.94. The van der Waals surface area contributed by atoms with Gasteiger partial charge in [0.05, 0.1) is 5.69 Å². The molecule has 10 rings (SSSR count). The predicted molar refractivity (Wildman–Crippen MR) is 233 cm³/mol. The zero-order chi connectivity index (χ0) is 35.8. The third-order valence-corrected chi connectivity index (χ3v) is 11.6. The topological polar surface area (TPSA) is 3.24 Å². The number of nitrogens with zero attached hydrogens (tertiary/aromatic N) is 1. The van der Waals surface area contributed by atoms with Gasteiger partial charge in [-0.25, -0.2) is 0 Å². The smallest absolute Gasteiger partial charge is 0.0554 e. The molecule has 9 aromatic carbocycles. The molecule has 0 amide bonds. The Hall–Kier alpha value is -6.74. The fourth-order valence-corrected chi connectivity index (χ4v) is 9.03. The van der Waals surface area contributed by atoms with E-state index in [0.29, 0.717) is 0 Å². The lowest BCUT2D eigenvalue weighted by molar-refractivity contribution is 1.30. The van der Waals surface area contributed by atoms with Crippen molar-refractivity contribution in [2.24, 2.45) is 0 Å². The van der Waals surface area contributed by atoms with Gasteiger partial charge in [-0.2, -0.15) is 0 Å². The van der Waals surface area contributed by atoms with Crippen LogP contribution in [-0.2, 0) is 0 Å². The van der Waals surface area contributed by atoms with Gasteiger partial charge in [0.2, 0.25) is 0 Å². The Morgan fingerprint density at radius 1 is 0.315 bits per heavy atom. The summed E-state index contributed by atoms with van der Waals surface area (Å²) in [4.78, 5) is 2.42. The molecule has 0 atom stereocenters. The largest absolute Gasteiger partial charge is 0.310 e. The van der Waals surface area contributed by atoms with Crippen molar-refractivity contribution < 1.29 is 0 Å². The Bertz CT molecular complexity index is 2910. The molecule has 0 fully saturated rings. The van der Waals surface area contributed by atoms with Crippen LogP contribution in [0.15, 0.2) is 212 Å². The number of fused-ring (bicyclic) bond motifs is 4. The number of rotatable bonds is 7. The zero-order valence-electron chi connectivity index (χ0n) is 29.6. The normalized spacial score (nSPS) is 11.3. The van der Waals surface area contributed by atoms with E-state index in [1.807, 2.05) is 11.3 Å². The van der Waals surface area contributed by atoms with Gasteiger partial charge in [-0.3, -0.25) is 0 Å². The number of benzene rings is 9. The van der Waals surface area contributed by atoms with E-state index < -0.39 is 0 Å². The van der Waals surface area contributed by atoms with E-state index in [1.165, 1.54) is 81.1 Å². The van der Waals surface area contributed by atoms with Crippen molar-refractivity contribution in [1.29, 1.82) is 0 Å². The Kier molecular flexibility index (Phi) is 8.09. The standard InChI is InChI=1S/C52H35NS/c1-3-13-37(14-4-1)44-18-7-8-19-45(44)39-27-32-43(33-28-39)53(49-22-12-24-51-52(49)48-20-9-10-23-50(48)54-51)42-30-25-36(26-31-42)40-29-34-47-41(35-40)17-11-21-46(47)38-15-5-2-6-16-38/h1-35H. The molecule has 2 heteroatoms. The van der Waals surface area contributed by atoms with Gasteiger partial charge in [-0.1, -0.05) is 164 Å². The van der Waals surface area contributed by atoms with Crippen LogP contribution in [-0.4, -0.2) is 0 Å². The van der Waals surface area contributed by atoms with Gasteiger partial charge in [-0.05, 0) is 104 Å². The Balaban J connectivity index is 1.07. The predicted octanol–water partition coefficient (Wildman–Crippen LogP) is 15.3.